The van der Waals surface area contributed by atoms with Gasteiger partial charge < -0.3 is 9.57 Å². The summed E-state index contributed by atoms with van der Waals surface area (Å²) in [7, 11) is 0. The van der Waals surface area contributed by atoms with Crippen molar-refractivity contribution in [2.45, 2.75) is 26.2 Å². The Labute approximate surface area is 181 Å². The van der Waals surface area contributed by atoms with Crippen LogP contribution in [0.5, 0.6) is 0 Å². The lowest BCUT2D eigenvalue weighted by Gasteiger charge is -2.30. The van der Waals surface area contributed by atoms with Crippen molar-refractivity contribution < 1.29 is 23.1 Å². The summed E-state index contributed by atoms with van der Waals surface area (Å²) in [4.78, 5) is 19.6. The molecule has 2 aromatic carbocycles. The Hall–Kier alpha value is -2.80. The Balaban J connectivity index is 1.62. The molecular weight excluding hydrogens is 402 g/mol. The fraction of sp³-hybridized carbons (Fsp3) is 0.417. The largest absolute Gasteiger partial charge is 0.466 e. The van der Waals surface area contributed by atoms with E-state index in [4.69, 9.17) is 9.57 Å². The quantitative estimate of drug-likeness (QED) is 0.259. The zero-order valence-electron chi connectivity index (χ0n) is 17.7. The van der Waals surface area contributed by atoms with E-state index in [1.165, 1.54) is 12.1 Å². The van der Waals surface area contributed by atoms with Crippen LogP contribution in [0, 0.1) is 17.6 Å². The number of hydrogen-bond acceptors (Lipinski definition) is 5. The molecule has 5 nitrogen and oxygen atoms in total. The molecule has 1 atom stereocenters. The maximum atomic E-state index is 14.3. The highest BCUT2D eigenvalue weighted by Crippen LogP contribution is 2.18. The first kappa shape index (κ1) is 22.9. The smallest absolute Gasteiger partial charge is 0.310 e. The number of ether oxygens (including phenoxy) is 1. The van der Waals surface area contributed by atoms with Gasteiger partial charge in [-0.1, -0.05) is 41.6 Å². The minimum atomic E-state index is -0.436. The topological polar surface area (TPSA) is 51.1 Å². The van der Waals surface area contributed by atoms with Gasteiger partial charge in [-0.2, -0.15) is 0 Å². The Morgan fingerprint density at radius 3 is 2.61 bits per heavy atom. The summed E-state index contributed by atoms with van der Waals surface area (Å²) >= 11 is 0. The van der Waals surface area contributed by atoms with E-state index in [2.05, 4.69) is 10.1 Å². The lowest BCUT2D eigenvalue weighted by Crippen LogP contribution is -2.40. The molecular formula is C24H28F2N2O3. The second-order valence-corrected chi connectivity index (χ2v) is 7.51. The predicted molar refractivity (Wildman–Crippen MR) is 115 cm³/mol. The van der Waals surface area contributed by atoms with Crippen molar-refractivity contribution in [1.82, 2.24) is 4.90 Å². The molecule has 0 aliphatic carbocycles. The van der Waals surface area contributed by atoms with Crippen LogP contribution in [-0.2, 0) is 20.8 Å². The van der Waals surface area contributed by atoms with Crippen LogP contribution in [-0.4, -0.2) is 49.4 Å². The van der Waals surface area contributed by atoms with E-state index in [1.807, 2.05) is 0 Å². The molecule has 0 radical (unpaired) electrons. The average molecular weight is 430 g/mol. The van der Waals surface area contributed by atoms with Crippen LogP contribution in [0.3, 0.4) is 0 Å². The number of nitrogens with zero attached hydrogens (tertiary/aromatic N) is 2. The molecule has 31 heavy (non-hydrogen) atoms. The van der Waals surface area contributed by atoms with Gasteiger partial charge in [0.1, 0.15) is 18.2 Å². The highest BCUT2D eigenvalue weighted by molar-refractivity contribution is 6.01. The summed E-state index contributed by atoms with van der Waals surface area (Å²) in [5.74, 6) is -1.08. The van der Waals surface area contributed by atoms with Crippen molar-refractivity contribution in [1.29, 1.82) is 0 Å². The summed E-state index contributed by atoms with van der Waals surface area (Å²) in [5.41, 5.74) is 1.03. The number of esters is 1. The van der Waals surface area contributed by atoms with E-state index < -0.39 is 5.82 Å². The van der Waals surface area contributed by atoms with Gasteiger partial charge in [-0.15, -0.1) is 0 Å². The van der Waals surface area contributed by atoms with E-state index in [-0.39, 0.29) is 36.3 Å². The fourth-order valence-electron chi connectivity index (χ4n) is 3.70. The number of carbonyl (C=O) groups excluding carboxylic acids is 1. The minimum Gasteiger partial charge on any atom is -0.466 e. The van der Waals surface area contributed by atoms with E-state index >= 15 is 0 Å². The van der Waals surface area contributed by atoms with Gasteiger partial charge in [-0.25, -0.2) is 8.78 Å². The number of likely N-dealkylation sites (tertiary alicyclic amines) is 1. The first-order chi connectivity index (χ1) is 15.1. The average Bonchev–Trinajstić information content (AvgIpc) is 2.78. The Bertz CT molecular complexity index is 904. The molecule has 166 valence electrons. The zero-order valence-corrected chi connectivity index (χ0v) is 17.7. The molecule has 0 unspecified atom stereocenters. The summed E-state index contributed by atoms with van der Waals surface area (Å²) in [6.07, 6.45) is 1.86. The van der Waals surface area contributed by atoms with Crippen LogP contribution in [0.4, 0.5) is 8.78 Å². The van der Waals surface area contributed by atoms with Gasteiger partial charge in [0.25, 0.3) is 0 Å². The number of hydrogen-bond donors (Lipinski definition) is 0. The molecule has 1 aliphatic heterocycles. The molecule has 7 heteroatoms. The number of halogens is 2. The number of carbonyl (C=O) groups is 1. The number of oxime groups is 1. The van der Waals surface area contributed by atoms with Crippen molar-refractivity contribution in [3.63, 3.8) is 0 Å². The summed E-state index contributed by atoms with van der Waals surface area (Å²) in [6, 6.07) is 12.6. The molecule has 0 aromatic heterocycles. The van der Waals surface area contributed by atoms with Gasteiger partial charge in [0.05, 0.1) is 18.2 Å². The Morgan fingerprint density at radius 1 is 1.13 bits per heavy atom. The molecule has 1 saturated heterocycles. The van der Waals surface area contributed by atoms with Crippen LogP contribution < -0.4 is 0 Å². The fourth-order valence-corrected chi connectivity index (χ4v) is 3.70. The molecule has 1 heterocycles. The Kier molecular flexibility index (Phi) is 8.53. The van der Waals surface area contributed by atoms with Gasteiger partial charge in [-0.3, -0.25) is 9.69 Å². The van der Waals surface area contributed by atoms with Gasteiger partial charge in [0.2, 0.25) is 0 Å². The van der Waals surface area contributed by atoms with Crippen LogP contribution >= 0.6 is 0 Å². The minimum absolute atomic E-state index is 0.113. The van der Waals surface area contributed by atoms with Crippen molar-refractivity contribution in [3.05, 3.63) is 71.3 Å². The molecule has 1 fully saturated rings. The third kappa shape index (κ3) is 6.59. The Morgan fingerprint density at radius 2 is 1.87 bits per heavy atom. The molecule has 0 bridgehead atoms. The predicted octanol–water partition coefficient (Wildman–Crippen LogP) is 4.20. The highest BCUT2D eigenvalue weighted by atomic mass is 19.1. The lowest BCUT2D eigenvalue weighted by atomic mass is 9.98. The molecule has 0 amide bonds. The van der Waals surface area contributed by atoms with Gasteiger partial charge in [-0.05, 0) is 44.0 Å². The van der Waals surface area contributed by atoms with E-state index in [9.17, 15) is 13.6 Å². The van der Waals surface area contributed by atoms with Crippen molar-refractivity contribution in [2.75, 3.05) is 32.8 Å². The van der Waals surface area contributed by atoms with Crippen molar-refractivity contribution >= 4 is 11.7 Å². The maximum absolute atomic E-state index is 14.3. The summed E-state index contributed by atoms with van der Waals surface area (Å²) < 4.78 is 33.6. The number of piperidine rings is 1. The molecule has 0 saturated carbocycles. The molecule has 0 N–H and O–H groups in total. The first-order valence-corrected chi connectivity index (χ1v) is 10.6. The summed E-state index contributed by atoms with van der Waals surface area (Å²) in [5, 5.41) is 4.15. The third-order valence-corrected chi connectivity index (χ3v) is 5.30. The first-order valence-electron chi connectivity index (χ1n) is 10.6. The van der Waals surface area contributed by atoms with Gasteiger partial charge in [0.15, 0.2) is 0 Å². The SMILES string of the molecule is CCOC(=O)[C@@H]1CCCN(CCON=C(Cc2ccccc2F)c2ccccc2F)C1. The van der Waals surface area contributed by atoms with Crippen molar-refractivity contribution in [3.8, 4) is 0 Å². The monoisotopic (exact) mass is 430 g/mol. The zero-order chi connectivity index (χ0) is 22.1. The summed E-state index contributed by atoms with van der Waals surface area (Å²) in [6.45, 7) is 4.56. The van der Waals surface area contributed by atoms with Crippen LogP contribution in [0.25, 0.3) is 0 Å². The van der Waals surface area contributed by atoms with Crippen LogP contribution in [0.15, 0.2) is 53.7 Å². The number of benzene rings is 2. The normalized spacial score (nSPS) is 17.4. The van der Waals surface area contributed by atoms with Crippen molar-refractivity contribution in [2.24, 2.45) is 11.1 Å². The van der Waals surface area contributed by atoms with E-state index in [0.29, 0.717) is 31.0 Å². The van der Waals surface area contributed by atoms with Gasteiger partial charge >= 0.3 is 5.97 Å². The third-order valence-electron chi connectivity index (χ3n) is 5.30. The second kappa shape index (κ2) is 11.6. The maximum Gasteiger partial charge on any atom is 0.310 e. The number of rotatable bonds is 9. The highest BCUT2D eigenvalue weighted by Gasteiger charge is 2.26. The van der Waals surface area contributed by atoms with Crippen LogP contribution in [0.2, 0.25) is 0 Å². The van der Waals surface area contributed by atoms with E-state index in [0.717, 1.165) is 19.4 Å². The second-order valence-electron chi connectivity index (χ2n) is 7.51. The molecule has 0 spiro atoms. The molecule has 3 rings (SSSR count). The molecule has 1 aliphatic rings. The standard InChI is InChI=1S/C24H28F2N2O3/c1-2-30-24(29)19-9-7-13-28(17-19)14-15-31-27-23(20-10-4-6-12-22(20)26)16-18-8-3-5-11-21(18)25/h3-6,8,10-12,19H,2,7,9,13-17H2,1H3/t19-/m1/s1. The van der Waals surface area contributed by atoms with Crippen LogP contribution in [0.1, 0.15) is 30.9 Å². The molecule has 2 aromatic rings. The lowest BCUT2D eigenvalue weighted by molar-refractivity contribution is -0.150. The van der Waals surface area contributed by atoms with Gasteiger partial charge in [0, 0.05) is 25.1 Å². The van der Waals surface area contributed by atoms with E-state index in [1.54, 1.807) is 43.3 Å².